The quantitative estimate of drug-likeness (QED) is 0.212. The van der Waals surface area contributed by atoms with Crippen molar-refractivity contribution in [2.75, 3.05) is 6.16 Å². The van der Waals surface area contributed by atoms with Gasteiger partial charge in [-0.1, -0.05) is 111 Å². The van der Waals surface area contributed by atoms with E-state index in [-0.39, 0.29) is 24.0 Å². The predicted octanol–water partition coefficient (Wildman–Crippen LogP) is 4.80. The SMILES string of the molecule is CCCCC[P+](Cc1ccccc1)(Cc1ccccc1)Cc1ccccc1.[I-]. The molecule has 0 aromatic heterocycles. The maximum absolute atomic E-state index is 2.32. The molecule has 3 rings (SSSR count). The van der Waals surface area contributed by atoms with Gasteiger partial charge < -0.3 is 24.0 Å². The third-order valence-corrected chi connectivity index (χ3v) is 9.69. The summed E-state index contributed by atoms with van der Waals surface area (Å²) in [7, 11) is -1.19. The molecule has 0 nitrogen and oxygen atoms in total. The van der Waals surface area contributed by atoms with Crippen LogP contribution in [0, 0.1) is 0 Å². The Morgan fingerprint density at radius 2 is 0.893 bits per heavy atom. The average molecular weight is 502 g/mol. The van der Waals surface area contributed by atoms with E-state index in [2.05, 4.69) is 97.9 Å². The molecule has 148 valence electrons. The monoisotopic (exact) mass is 502 g/mol. The minimum atomic E-state index is -1.19. The fraction of sp³-hybridized carbons (Fsp3) is 0.308. The van der Waals surface area contributed by atoms with E-state index in [1.54, 1.807) is 0 Å². The van der Waals surface area contributed by atoms with Gasteiger partial charge in [0.05, 0.1) is 24.6 Å². The highest BCUT2D eigenvalue weighted by atomic mass is 127. The Morgan fingerprint density at radius 3 is 1.21 bits per heavy atom. The summed E-state index contributed by atoms with van der Waals surface area (Å²) in [5, 5.41) is 0. The first-order valence-electron chi connectivity index (χ1n) is 10.3. The van der Waals surface area contributed by atoms with Crippen LogP contribution in [0.2, 0.25) is 0 Å². The number of hydrogen-bond donors (Lipinski definition) is 0. The topological polar surface area (TPSA) is 0 Å². The fourth-order valence-electron chi connectivity index (χ4n) is 4.01. The van der Waals surface area contributed by atoms with Gasteiger partial charge in [-0.25, -0.2) is 0 Å². The number of hydrogen-bond acceptors (Lipinski definition) is 0. The van der Waals surface area contributed by atoms with E-state index in [9.17, 15) is 0 Å². The number of benzene rings is 3. The minimum absolute atomic E-state index is 0. The number of rotatable bonds is 10. The number of halogens is 1. The lowest BCUT2D eigenvalue weighted by Gasteiger charge is -2.28. The Labute approximate surface area is 189 Å². The van der Waals surface area contributed by atoms with E-state index in [0.29, 0.717) is 0 Å². The molecule has 0 amide bonds. The van der Waals surface area contributed by atoms with Gasteiger partial charge >= 0.3 is 0 Å². The minimum Gasteiger partial charge on any atom is -1.00 e. The standard InChI is InChI=1S/C26H32P.HI/c1-2-3-13-20-27(21-24-14-7-4-8-15-24,22-25-16-9-5-10-17-25)23-26-18-11-6-12-19-26;/h4-12,14-19H,2-3,13,20-23H2,1H3;1H/q+1;/p-1. The molecule has 0 aliphatic rings. The Balaban J connectivity index is 0.00000280. The highest BCUT2D eigenvalue weighted by Crippen LogP contribution is 2.67. The molecule has 0 saturated carbocycles. The van der Waals surface area contributed by atoms with E-state index < -0.39 is 7.26 Å². The Bertz CT molecular complexity index is 670. The Morgan fingerprint density at radius 1 is 0.536 bits per heavy atom. The van der Waals surface area contributed by atoms with Crippen molar-refractivity contribution >= 4 is 7.26 Å². The second-order valence-corrected chi connectivity index (χ2v) is 11.8. The van der Waals surface area contributed by atoms with Crippen molar-refractivity contribution in [3.8, 4) is 0 Å². The summed E-state index contributed by atoms with van der Waals surface area (Å²) in [6.45, 7) is 2.31. The summed E-state index contributed by atoms with van der Waals surface area (Å²) in [5.41, 5.74) is 4.53. The first-order valence-corrected chi connectivity index (χ1v) is 12.8. The maximum Gasteiger partial charge on any atom is 0.0849 e. The van der Waals surface area contributed by atoms with Gasteiger partial charge in [-0.2, -0.15) is 0 Å². The third-order valence-electron chi connectivity index (χ3n) is 5.32. The molecule has 0 bridgehead atoms. The highest BCUT2D eigenvalue weighted by molar-refractivity contribution is 7.73. The van der Waals surface area contributed by atoms with Crippen molar-refractivity contribution in [3.05, 3.63) is 108 Å². The molecule has 0 N–H and O–H groups in total. The second-order valence-electron chi connectivity index (χ2n) is 7.70. The molecule has 0 radical (unpaired) electrons. The molecule has 0 unspecified atom stereocenters. The van der Waals surface area contributed by atoms with Crippen LogP contribution in [0.5, 0.6) is 0 Å². The zero-order chi connectivity index (χ0) is 18.8. The summed E-state index contributed by atoms with van der Waals surface area (Å²) in [4.78, 5) is 0. The van der Waals surface area contributed by atoms with Crippen LogP contribution in [0.25, 0.3) is 0 Å². The van der Waals surface area contributed by atoms with Crippen LogP contribution >= 0.6 is 7.26 Å². The fourth-order valence-corrected chi connectivity index (χ4v) is 8.67. The average Bonchev–Trinajstić information content (AvgIpc) is 2.70. The lowest BCUT2D eigenvalue weighted by atomic mass is 10.2. The molecule has 3 aromatic rings. The molecule has 2 heteroatoms. The van der Waals surface area contributed by atoms with E-state index in [0.717, 1.165) is 0 Å². The summed E-state index contributed by atoms with van der Waals surface area (Å²) in [5.74, 6) is 0. The van der Waals surface area contributed by atoms with Gasteiger partial charge in [0.1, 0.15) is 0 Å². The van der Waals surface area contributed by atoms with Crippen LogP contribution in [-0.2, 0) is 18.5 Å². The lowest BCUT2D eigenvalue weighted by Crippen LogP contribution is -3.00. The van der Waals surface area contributed by atoms with Crippen LogP contribution in [0.3, 0.4) is 0 Å². The van der Waals surface area contributed by atoms with Gasteiger partial charge in [0, 0.05) is 7.26 Å². The first kappa shape index (κ1) is 23.1. The molecule has 0 saturated heterocycles. The summed E-state index contributed by atoms with van der Waals surface area (Å²) in [6, 6.07) is 33.5. The van der Waals surface area contributed by atoms with E-state index in [4.69, 9.17) is 0 Å². The van der Waals surface area contributed by atoms with Crippen LogP contribution in [-0.4, -0.2) is 6.16 Å². The third kappa shape index (κ3) is 7.33. The van der Waals surface area contributed by atoms with Crippen molar-refractivity contribution in [1.29, 1.82) is 0 Å². The van der Waals surface area contributed by atoms with Gasteiger partial charge in [-0.05, 0) is 23.1 Å². The molecule has 0 heterocycles. The van der Waals surface area contributed by atoms with Crippen molar-refractivity contribution < 1.29 is 24.0 Å². The molecular weight excluding hydrogens is 470 g/mol. The summed E-state index contributed by atoms with van der Waals surface area (Å²) in [6.07, 6.45) is 9.14. The predicted molar refractivity (Wildman–Crippen MR) is 122 cm³/mol. The zero-order valence-corrected chi connectivity index (χ0v) is 20.0. The zero-order valence-electron chi connectivity index (χ0n) is 16.9. The number of unbranched alkanes of at least 4 members (excludes halogenated alkanes) is 2. The Hall–Kier alpha value is -1.18. The molecule has 0 aliphatic heterocycles. The largest absolute Gasteiger partial charge is 1.00 e. The lowest BCUT2D eigenvalue weighted by molar-refractivity contribution is -0.00000574. The van der Waals surface area contributed by atoms with Gasteiger partial charge in [-0.15, -0.1) is 0 Å². The van der Waals surface area contributed by atoms with Gasteiger partial charge in [-0.3, -0.25) is 0 Å². The van der Waals surface area contributed by atoms with Crippen molar-refractivity contribution in [2.24, 2.45) is 0 Å². The normalized spacial score (nSPS) is 11.0. The highest BCUT2D eigenvalue weighted by Gasteiger charge is 2.37. The summed E-state index contributed by atoms with van der Waals surface area (Å²) >= 11 is 0. The molecular formula is C26H32IP. The van der Waals surface area contributed by atoms with Crippen LogP contribution < -0.4 is 24.0 Å². The van der Waals surface area contributed by atoms with Crippen molar-refractivity contribution in [1.82, 2.24) is 0 Å². The molecule has 0 atom stereocenters. The van der Waals surface area contributed by atoms with Crippen LogP contribution in [0.15, 0.2) is 91.0 Å². The van der Waals surface area contributed by atoms with E-state index in [1.807, 2.05) is 0 Å². The molecule has 0 aliphatic carbocycles. The summed E-state index contributed by atoms with van der Waals surface area (Å²) < 4.78 is 0. The van der Waals surface area contributed by atoms with Gasteiger partial charge in [0.15, 0.2) is 0 Å². The van der Waals surface area contributed by atoms with Gasteiger partial charge in [0.25, 0.3) is 0 Å². The van der Waals surface area contributed by atoms with Crippen LogP contribution in [0.1, 0.15) is 42.9 Å². The van der Waals surface area contributed by atoms with Crippen molar-refractivity contribution in [2.45, 2.75) is 44.7 Å². The Kier molecular flexibility index (Phi) is 10.2. The molecule has 28 heavy (non-hydrogen) atoms. The first-order chi connectivity index (χ1) is 13.3. The second kappa shape index (κ2) is 12.4. The van der Waals surface area contributed by atoms with Gasteiger partial charge in [0.2, 0.25) is 0 Å². The van der Waals surface area contributed by atoms with Crippen molar-refractivity contribution in [3.63, 3.8) is 0 Å². The van der Waals surface area contributed by atoms with E-state index in [1.165, 1.54) is 60.6 Å². The molecule has 0 fully saturated rings. The molecule has 0 spiro atoms. The van der Waals surface area contributed by atoms with E-state index >= 15 is 0 Å². The van der Waals surface area contributed by atoms with Crippen LogP contribution in [0.4, 0.5) is 0 Å². The molecule has 3 aromatic carbocycles. The maximum atomic E-state index is 2.32. The smallest absolute Gasteiger partial charge is 0.0849 e.